The van der Waals surface area contributed by atoms with Gasteiger partial charge in [0.2, 0.25) is 0 Å². The third kappa shape index (κ3) is 29.8. The molecule has 6 aliphatic rings. The maximum absolute atomic E-state index is 11.3. The number of methoxy groups -OCH3 is 1. The average molecular weight is 968 g/mol. The highest BCUT2D eigenvalue weighted by Gasteiger charge is 2.31. The van der Waals surface area contributed by atoms with Crippen LogP contribution in [0.15, 0.2) is 36.5 Å². The van der Waals surface area contributed by atoms with Crippen LogP contribution in [0.2, 0.25) is 0 Å². The molecule has 0 aromatic heterocycles. The van der Waals surface area contributed by atoms with Crippen molar-refractivity contribution in [1.82, 2.24) is 24.5 Å². The highest BCUT2D eigenvalue weighted by Crippen LogP contribution is 2.08. The van der Waals surface area contributed by atoms with Gasteiger partial charge in [-0.05, 0) is 60.3 Å². The van der Waals surface area contributed by atoms with Gasteiger partial charge in [-0.1, -0.05) is 0 Å². The van der Waals surface area contributed by atoms with Crippen LogP contribution in [-0.2, 0) is 67.4 Å². The minimum absolute atomic E-state index is 0.201. The van der Waals surface area contributed by atoms with Gasteiger partial charge in [-0.2, -0.15) is 13.3 Å². The van der Waals surface area contributed by atoms with Gasteiger partial charge < -0.3 is 38.8 Å². The number of likely N-dealkylation sites (N-methyl/N-ethyl adjacent to an activating group) is 3. The SMILES string of the molecule is C1CCOC1.C1CCOC1.CN(C)CCN.CN(C)CCN1C(=O)C=CC1=O.COC(=O)N1C(=O)C=CC1=O.C[N+](C)(CCCS(=O)(=O)[O-])CCN1C(=O)C=CC1=O.O=S1(=O)CCCO1. The largest absolute Gasteiger partial charge is 0.748 e. The van der Waals surface area contributed by atoms with E-state index < -0.39 is 43.9 Å². The van der Waals surface area contributed by atoms with Gasteiger partial charge in [0.25, 0.3) is 45.6 Å². The summed E-state index contributed by atoms with van der Waals surface area (Å²) < 4.78 is 70.7. The van der Waals surface area contributed by atoms with Crippen LogP contribution in [0, 0.1) is 0 Å². The second kappa shape index (κ2) is 32.4. The smallest absolute Gasteiger partial charge is 0.423 e. The second-order valence-electron chi connectivity index (χ2n) is 15.6. The monoisotopic (exact) mass is 967 g/mol. The van der Waals surface area contributed by atoms with Gasteiger partial charge in [0.05, 0.1) is 63.3 Å². The Kier molecular flexibility index (Phi) is 30.2. The Bertz CT molecular complexity index is 1750. The molecule has 0 atom stereocenters. The van der Waals surface area contributed by atoms with Crippen LogP contribution in [-0.4, -0.2) is 232 Å². The number of hydrogen-bond donors (Lipinski definition) is 1. The van der Waals surface area contributed by atoms with Crippen LogP contribution in [0.4, 0.5) is 4.79 Å². The number of hydrogen-bond acceptors (Lipinski definition) is 19. The molecule has 23 nitrogen and oxygen atoms in total. The highest BCUT2D eigenvalue weighted by atomic mass is 32.2. The van der Waals surface area contributed by atoms with Gasteiger partial charge >= 0.3 is 6.09 Å². The van der Waals surface area contributed by atoms with Crippen LogP contribution < -0.4 is 5.73 Å². The zero-order chi connectivity index (χ0) is 49.6. The van der Waals surface area contributed by atoms with E-state index in [2.05, 4.69) is 13.8 Å². The molecule has 65 heavy (non-hydrogen) atoms. The first-order valence-electron chi connectivity index (χ1n) is 20.8. The molecule has 7 amide bonds. The first-order chi connectivity index (χ1) is 30.4. The average Bonchev–Trinajstić information content (AvgIpc) is 4.09. The van der Waals surface area contributed by atoms with Crippen molar-refractivity contribution in [2.45, 2.75) is 38.5 Å². The van der Waals surface area contributed by atoms with E-state index >= 15 is 0 Å². The van der Waals surface area contributed by atoms with Crippen molar-refractivity contribution in [3.63, 3.8) is 0 Å². The maximum atomic E-state index is 11.3. The molecular formula is C40H69N7O16S2. The van der Waals surface area contributed by atoms with E-state index in [0.717, 1.165) is 63.7 Å². The second-order valence-corrected chi connectivity index (χ2v) is 18.9. The molecule has 0 bridgehead atoms. The maximum Gasteiger partial charge on any atom is 0.423 e. The van der Waals surface area contributed by atoms with Crippen LogP contribution in [0.1, 0.15) is 38.5 Å². The first kappa shape index (κ1) is 60.7. The van der Waals surface area contributed by atoms with Crippen molar-refractivity contribution in [1.29, 1.82) is 0 Å². The Balaban J connectivity index is 0.000000778. The molecule has 0 aromatic rings. The Morgan fingerprint density at radius 1 is 0.708 bits per heavy atom. The van der Waals surface area contributed by atoms with Gasteiger partial charge in [-0.25, -0.2) is 13.2 Å². The summed E-state index contributed by atoms with van der Waals surface area (Å²) in [6.45, 7) is 8.58. The Morgan fingerprint density at radius 3 is 1.40 bits per heavy atom. The predicted octanol–water partition coefficient (Wildman–Crippen LogP) is -1.09. The standard InChI is InChI=1S/C11H18N2O5S.C8H12N2O2.C6H5NO4.C4H12N2.2C4H8O.C3H6O3S/c1-13(2,7-3-9-19(16,17)18)8-6-12-10(14)4-5-11(12)15;1-9(2)5-6-10-7(11)3-4-8(10)12;1-11-6(10)7-4(8)2-3-5(7)9;1-6(2)4-3-5;2*1-2-4-5-3-1;4-7(5)3-1-2-6-7/h4-5H,3,6-9H2,1-2H3;3-4H,5-6H2,1-2H3;2-3H,1H3;3-5H2,1-2H3;2*1-4H2;1-3H2. The minimum Gasteiger partial charge on any atom is -0.748 e. The fourth-order valence-corrected chi connectivity index (χ4v) is 6.63. The molecule has 0 saturated carbocycles. The molecular weight excluding hydrogens is 899 g/mol. The number of quaternary nitrogens is 1. The fourth-order valence-electron chi connectivity index (χ4n) is 5.19. The number of carbonyl (C=O) groups is 7. The van der Waals surface area contributed by atoms with Gasteiger partial charge in [0.1, 0.15) is 0 Å². The molecule has 3 saturated heterocycles. The Hall–Kier alpha value is -4.31. The summed E-state index contributed by atoms with van der Waals surface area (Å²) in [5, 5.41) is 0. The number of carbonyl (C=O) groups excluding carboxylic acids is 7. The third-order valence-corrected chi connectivity index (χ3v) is 11.0. The van der Waals surface area contributed by atoms with Crippen LogP contribution in [0.25, 0.3) is 0 Å². The molecule has 6 heterocycles. The summed E-state index contributed by atoms with van der Waals surface area (Å²) >= 11 is 0. The van der Waals surface area contributed by atoms with Crippen LogP contribution in [0.3, 0.4) is 0 Å². The van der Waals surface area contributed by atoms with E-state index in [0.29, 0.717) is 48.6 Å². The summed E-state index contributed by atoms with van der Waals surface area (Å²) in [7, 11) is 5.40. The lowest BCUT2D eigenvalue weighted by molar-refractivity contribution is -0.889. The van der Waals surface area contributed by atoms with Crippen molar-refractivity contribution in [2.75, 3.05) is 140 Å². The molecule has 0 aliphatic carbocycles. The molecule has 6 aliphatic heterocycles. The number of nitrogens with zero attached hydrogens (tertiary/aromatic N) is 6. The predicted molar refractivity (Wildman–Crippen MR) is 237 cm³/mol. The zero-order valence-electron chi connectivity index (χ0n) is 38.7. The number of amides is 7. The molecule has 0 radical (unpaired) electrons. The van der Waals surface area contributed by atoms with Crippen LogP contribution >= 0.6 is 0 Å². The molecule has 3 fully saturated rings. The molecule has 0 aromatic carbocycles. The van der Waals surface area contributed by atoms with E-state index in [-0.39, 0.29) is 42.3 Å². The zero-order valence-corrected chi connectivity index (χ0v) is 40.3. The topological polar surface area (TPSA) is 290 Å². The normalized spacial score (nSPS) is 18.2. The summed E-state index contributed by atoms with van der Waals surface area (Å²) in [5.41, 5.74) is 5.19. The molecule has 6 rings (SSSR count). The van der Waals surface area contributed by atoms with Crippen LogP contribution in [0.5, 0.6) is 0 Å². The van der Waals surface area contributed by atoms with Gasteiger partial charge in [0.15, 0.2) is 0 Å². The highest BCUT2D eigenvalue weighted by molar-refractivity contribution is 7.86. The molecule has 0 spiro atoms. The lowest BCUT2D eigenvalue weighted by atomic mass is 10.3. The van der Waals surface area contributed by atoms with E-state index in [1.165, 1.54) is 54.9 Å². The lowest BCUT2D eigenvalue weighted by Crippen LogP contribution is -2.47. The van der Waals surface area contributed by atoms with Gasteiger partial charge in [-0.3, -0.25) is 42.8 Å². The van der Waals surface area contributed by atoms with Crippen molar-refractivity contribution < 1.29 is 77.8 Å². The molecule has 0 unspecified atom stereocenters. The van der Waals surface area contributed by atoms with Crippen molar-refractivity contribution in [3.8, 4) is 0 Å². The van der Waals surface area contributed by atoms with Crippen molar-refractivity contribution in [2.24, 2.45) is 5.73 Å². The Labute approximate surface area is 383 Å². The number of ether oxygens (including phenoxy) is 3. The fraction of sp³-hybridized carbons (Fsp3) is 0.675. The number of imide groups is 5. The van der Waals surface area contributed by atoms with Gasteiger partial charge in [0, 0.05) is 101 Å². The molecule has 25 heteroatoms. The van der Waals surface area contributed by atoms with E-state index in [4.69, 9.17) is 15.2 Å². The number of nitrogens with two attached hydrogens (primary N) is 1. The van der Waals surface area contributed by atoms with E-state index in [1.807, 2.05) is 47.2 Å². The van der Waals surface area contributed by atoms with Crippen molar-refractivity contribution in [3.05, 3.63) is 36.5 Å². The van der Waals surface area contributed by atoms with E-state index in [1.54, 1.807) is 0 Å². The summed E-state index contributed by atoms with van der Waals surface area (Å²) in [4.78, 5) is 83.5. The number of rotatable bonds is 12. The molecule has 372 valence electrons. The summed E-state index contributed by atoms with van der Waals surface area (Å²) in [5.74, 6) is -2.59. The summed E-state index contributed by atoms with van der Waals surface area (Å²) in [6.07, 6.45) is 12.2. The van der Waals surface area contributed by atoms with Crippen molar-refractivity contribution >= 4 is 61.8 Å². The quantitative estimate of drug-likeness (QED) is 0.105. The van der Waals surface area contributed by atoms with Gasteiger partial charge in [-0.15, -0.1) is 0 Å². The first-order valence-corrected chi connectivity index (χ1v) is 24.0. The summed E-state index contributed by atoms with van der Waals surface area (Å²) in [6, 6.07) is 0. The third-order valence-electron chi connectivity index (χ3n) is 8.86. The molecule has 2 N–H and O–H groups in total. The minimum atomic E-state index is -4.18. The lowest BCUT2D eigenvalue weighted by Gasteiger charge is -2.31. The van der Waals surface area contributed by atoms with E-state index in [9.17, 15) is 55.0 Å². The Morgan fingerprint density at radius 2 is 1.12 bits per heavy atom.